The Labute approximate surface area is 87.1 Å². The lowest BCUT2D eigenvalue weighted by atomic mass is 9.70. The molecule has 5 heteroatoms. The highest BCUT2D eigenvalue weighted by Crippen LogP contribution is 2.35. The third-order valence-corrected chi connectivity index (χ3v) is 3.00. The number of hydrogen-bond acceptors (Lipinski definition) is 3. The number of carbonyl (C=O) groups excluding carboxylic acids is 1. The Kier molecular flexibility index (Phi) is 3.44. The van der Waals surface area contributed by atoms with Gasteiger partial charge in [0.15, 0.2) is 0 Å². The number of rotatable bonds is 3. The first-order valence-corrected chi connectivity index (χ1v) is 4.91. The summed E-state index contributed by atoms with van der Waals surface area (Å²) < 4.78 is 0. The van der Waals surface area contributed by atoms with Crippen LogP contribution in [0.25, 0.3) is 0 Å². The minimum Gasteiger partial charge on any atom is -0.481 e. The Bertz CT molecular complexity index is 274. The fourth-order valence-corrected chi connectivity index (χ4v) is 2.32. The third kappa shape index (κ3) is 2.34. The maximum atomic E-state index is 11.3. The minimum absolute atomic E-state index is 0.338. The van der Waals surface area contributed by atoms with Gasteiger partial charge in [-0.2, -0.15) is 0 Å². The highest BCUT2D eigenvalue weighted by atomic mass is 16.4. The molecule has 0 aromatic carbocycles. The second-order valence-corrected chi connectivity index (χ2v) is 3.96. The zero-order valence-corrected chi connectivity index (χ0v) is 8.47. The second-order valence-electron chi connectivity index (χ2n) is 3.96. The Hall–Kier alpha value is -1.39. The number of carboxylic acid groups (broad SMARTS) is 2. The predicted molar refractivity (Wildman–Crippen MR) is 50.3 cm³/mol. The molecule has 1 aliphatic carbocycles. The molecule has 0 aliphatic heterocycles. The molecular formula is C10H14O5. The lowest BCUT2D eigenvalue weighted by Gasteiger charge is -2.31. The van der Waals surface area contributed by atoms with Crippen LogP contribution >= 0.6 is 0 Å². The van der Waals surface area contributed by atoms with Crippen molar-refractivity contribution in [2.45, 2.75) is 26.2 Å². The van der Waals surface area contributed by atoms with E-state index in [1.165, 1.54) is 6.92 Å². The summed E-state index contributed by atoms with van der Waals surface area (Å²) in [6.07, 6.45) is 1.34. The molecule has 0 heterocycles. The summed E-state index contributed by atoms with van der Waals surface area (Å²) in [4.78, 5) is 33.1. The van der Waals surface area contributed by atoms with Crippen molar-refractivity contribution in [3.63, 3.8) is 0 Å². The van der Waals surface area contributed by atoms with E-state index in [1.54, 1.807) is 0 Å². The van der Waals surface area contributed by atoms with Gasteiger partial charge in [0.05, 0.1) is 11.8 Å². The summed E-state index contributed by atoms with van der Waals surface area (Å²) >= 11 is 0. The molecule has 5 nitrogen and oxygen atoms in total. The molecule has 2 unspecified atom stereocenters. The molecule has 0 amide bonds. The van der Waals surface area contributed by atoms with Gasteiger partial charge >= 0.3 is 11.9 Å². The van der Waals surface area contributed by atoms with Crippen LogP contribution in [0.15, 0.2) is 0 Å². The van der Waals surface area contributed by atoms with Gasteiger partial charge in [0, 0.05) is 5.92 Å². The van der Waals surface area contributed by atoms with Crippen LogP contribution in [0.4, 0.5) is 0 Å². The van der Waals surface area contributed by atoms with Crippen molar-refractivity contribution >= 4 is 17.7 Å². The smallest absolute Gasteiger partial charge is 0.307 e. The largest absolute Gasteiger partial charge is 0.481 e. The fraction of sp³-hybridized carbons (Fsp3) is 0.700. The molecule has 84 valence electrons. The molecule has 1 aliphatic rings. The number of hydrogen-bond donors (Lipinski definition) is 2. The van der Waals surface area contributed by atoms with E-state index in [0.29, 0.717) is 19.3 Å². The SMILES string of the molecule is CC(=O)C1C(C(=O)O)CCCC1C(=O)O. The van der Waals surface area contributed by atoms with E-state index in [-0.39, 0.29) is 5.78 Å². The van der Waals surface area contributed by atoms with Crippen molar-refractivity contribution in [1.82, 2.24) is 0 Å². The Morgan fingerprint density at radius 3 is 1.67 bits per heavy atom. The standard InChI is InChI=1S/C10H14O5/c1-5(11)8-6(9(12)13)3-2-4-7(8)10(14)15/h6-8H,2-4H2,1H3,(H,12,13)(H,14,15). The monoisotopic (exact) mass is 214 g/mol. The van der Waals surface area contributed by atoms with Crippen molar-refractivity contribution in [1.29, 1.82) is 0 Å². The van der Waals surface area contributed by atoms with E-state index >= 15 is 0 Å². The van der Waals surface area contributed by atoms with E-state index in [2.05, 4.69) is 0 Å². The molecule has 15 heavy (non-hydrogen) atoms. The van der Waals surface area contributed by atoms with Crippen LogP contribution in [-0.4, -0.2) is 27.9 Å². The topological polar surface area (TPSA) is 91.7 Å². The van der Waals surface area contributed by atoms with E-state index in [9.17, 15) is 14.4 Å². The van der Waals surface area contributed by atoms with Crippen LogP contribution in [0.3, 0.4) is 0 Å². The maximum absolute atomic E-state index is 11.3. The fourth-order valence-electron chi connectivity index (χ4n) is 2.32. The summed E-state index contributed by atoms with van der Waals surface area (Å²) in [5, 5.41) is 17.8. The van der Waals surface area contributed by atoms with E-state index in [4.69, 9.17) is 10.2 Å². The molecule has 0 saturated heterocycles. The van der Waals surface area contributed by atoms with Gasteiger partial charge in [-0.05, 0) is 19.8 Å². The molecule has 2 N–H and O–H groups in total. The molecule has 0 aromatic heterocycles. The number of carbonyl (C=O) groups is 3. The molecule has 0 aromatic rings. The third-order valence-electron chi connectivity index (χ3n) is 3.00. The first kappa shape index (κ1) is 11.7. The van der Waals surface area contributed by atoms with Gasteiger partial charge in [-0.15, -0.1) is 0 Å². The Morgan fingerprint density at radius 2 is 1.40 bits per heavy atom. The predicted octanol–water partition coefficient (Wildman–Crippen LogP) is 0.777. The summed E-state index contributed by atoms with van der Waals surface area (Å²) in [6.45, 7) is 1.27. The average molecular weight is 214 g/mol. The minimum atomic E-state index is -1.07. The van der Waals surface area contributed by atoms with E-state index < -0.39 is 29.7 Å². The van der Waals surface area contributed by atoms with Gasteiger partial charge in [0.2, 0.25) is 0 Å². The molecule has 0 spiro atoms. The van der Waals surface area contributed by atoms with E-state index in [1.807, 2.05) is 0 Å². The summed E-state index contributed by atoms with van der Waals surface area (Å²) in [7, 11) is 0. The number of aliphatic carboxylic acids is 2. The number of Topliss-reactive ketones (excluding diaryl/α,β-unsaturated/α-hetero) is 1. The van der Waals surface area contributed by atoms with Crippen LogP contribution in [-0.2, 0) is 14.4 Å². The number of carboxylic acids is 2. The van der Waals surface area contributed by atoms with Crippen LogP contribution < -0.4 is 0 Å². The van der Waals surface area contributed by atoms with Crippen LogP contribution in [0.1, 0.15) is 26.2 Å². The molecule has 1 fully saturated rings. The van der Waals surface area contributed by atoms with Crippen LogP contribution in [0.2, 0.25) is 0 Å². The average Bonchev–Trinajstić information content (AvgIpc) is 2.16. The van der Waals surface area contributed by atoms with Gasteiger partial charge in [-0.3, -0.25) is 14.4 Å². The van der Waals surface area contributed by atoms with Crippen molar-refractivity contribution in [3.8, 4) is 0 Å². The molecular weight excluding hydrogens is 200 g/mol. The van der Waals surface area contributed by atoms with Gasteiger partial charge in [0.25, 0.3) is 0 Å². The first-order chi connectivity index (χ1) is 6.95. The molecule has 2 atom stereocenters. The van der Waals surface area contributed by atoms with Crippen molar-refractivity contribution in [2.75, 3.05) is 0 Å². The normalized spacial score (nSPS) is 30.9. The van der Waals surface area contributed by atoms with Crippen LogP contribution in [0.5, 0.6) is 0 Å². The van der Waals surface area contributed by atoms with Crippen molar-refractivity contribution in [3.05, 3.63) is 0 Å². The van der Waals surface area contributed by atoms with E-state index in [0.717, 1.165) is 0 Å². The Morgan fingerprint density at radius 1 is 1.00 bits per heavy atom. The van der Waals surface area contributed by atoms with Crippen LogP contribution in [0, 0.1) is 17.8 Å². The van der Waals surface area contributed by atoms with Gasteiger partial charge < -0.3 is 10.2 Å². The van der Waals surface area contributed by atoms with Gasteiger partial charge in [-0.1, -0.05) is 6.42 Å². The summed E-state index contributed by atoms with van der Waals surface area (Å²) in [5.74, 6) is -5.01. The highest BCUT2D eigenvalue weighted by molar-refractivity contribution is 5.89. The zero-order valence-electron chi connectivity index (χ0n) is 8.47. The highest BCUT2D eigenvalue weighted by Gasteiger charge is 2.43. The molecule has 0 radical (unpaired) electrons. The molecule has 0 bridgehead atoms. The second kappa shape index (κ2) is 4.42. The van der Waals surface area contributed by atoms with Crippen molar-refractivity contribution in [2.24, 2.45) is 17.8 Å². The van der Waals surface area contributed by atoms with Gasteiger partial charge in [0.1, 0.15) is 5.78 Å². The van der Waals surface area contributed by atoms with Crippen molar-refractivity contribution < 1.29 is 24.6 Å². The lowest BCUT2D eigenvalue weighted by molar-refractivity contribution is -0.156. The number of ketones is 1. The molecule has 1 saturated carbocycles. The maximum Gasteiger partial charge on any atom is 0.307 e. The lowest BCUT2D eigenvalue weighted by Crippen LogP contribution is -2.41. The molecule has 1 rings (SSSR count). The zero-order chi connectivity index (χ0) is 11.6. The summed E-state index contributed by atoms with van der Waals surface area (Å²) in [5.41, 5.74) is 0. The first-order valence-electron chi connectivity index (χ1n) is 4.91. The Balaban J connectivity index is 2.95. The quantitative estimate of drug-likeness (QED) is 0.724. The summed E-state index contributed by atoms with van der Waals surface area (Å²) in [6, 6.07) is 0. The van der Waals surface area contributed by atoms with Gasteiger partial charge in [-0.25, -0.2) is 0 Å².